The van der Waals surface area contributed by atoms with Crippen LogP contribution in [0, 0.1) is 0 Å². The van der Waals surface area contributed by atoms with Gasteiger partial charge < -0.3 is 14.6 Å². The molecule has 32 heavy (non-hydrogen) atoms. The van der Waals surface area contributed by atoms with Crippen LogP contribution < -0.4 is 4.74 Å². The fourth-order valence-electron chi connectivity index (χ4n) is 4.50. The number of aryl methyl sites for hydroxylation is 2. The van der Waals surface area contributed by atoms with E-state index in [-0.39, 0.29) is 30.1 Å². The number of nitrogens with zero attached hydrogens (tertiary/aromatic N) is 3. The molecule has 8 nitrogen and oxygen atoms in total. The van der Waals surface area contributed by atoms with E-state index in [0.29, 0.717) is 31.8 Å². The van der Waals surface area contributed by atoms with Crippen molar-refractivity contribution >= 4 is 15.9 Å². The molecular formula is C23H32N4O4S. The van der Waals surface area contributed by atoms with Crippen LogP contribution in [0.5, 0.6) is 5.75 Å². The van der Waals surface area contributed by atoms with Crippen LogP contribution in [0.1, 0.15) is 50.4 Å². The summed E-state index contributed by atoms with van der Waals surface area (Å²) in [6.07, 6.45) is 7.16. The van der Waals surface area contributed by atoms with Gasteiger partial charge in [-0.3, -0.25) is 4.79 Å². The highest BCUT2D eigenvalue weighted by Gasteiger charge is 2.33. The number of ether oxygens (including phenoxy) is 1. The summed E-state index contributed by atoms with van der Waals surface area (Å²) in [5, 5.41) is 0.0343. The first-order valence-electron chi connectivity index (χ1n) is 11.5. The average molecular weight is 461 g/mol. The number of hydrogen-bond acceptors (Lipinski definition) is 5. The van der Waals surface area contributed by atoms with Gasteiger partial charge >= 0.3 is 0 Å². The summed E-state index contributed by atoms with van der Waals surface area (Å²) in [5.74, 6) is 1.28. The number of H-pyrrole nitrogens is 1. The molecule has 9 heteroatoms. The molecule has 0 aliphatic carbocycles. The monoisotopic (exact) mass is 460 g/mol. The second-order valence-electron chi connectivity index (χ2n) is 8.51. The van der Waals surface area contributed by atoms with E-state index in [1.807, 2.05) is 30.0 Å². The number of aromatic nitrogens is 2. The maximum absolute atomic E-state index is 13.3. The summed E-state index contributed by atoms with van der Waals surface area (Å²) in [7, 11) is -3.87. The van der Waals surface area contributed by atoms with Gasteiger partial charge in [-0.15, -0.1) is 0 Å². The number of nitrogens with one attached hydrogen (secondary N) is 1. The van der Waals surface area contributed by atoms with Crippen LogP contribution >= 0.6 is 0 Å². The Morgan fingerprint density at radius 1 is 1.19 bits per heavy atom. The number of rotatable bonds is 3. The normalized spacial score (nSPS) is 21.5. The molecule has 1 aromatic heterocycles. The summed E-state index contributed by atoms with van der Waals surface area (Å²) < 4.78 is 33.8. The van der Waals surface area contributed by atoms with Gasteiger partial charge in [0.05, 0.1) is 19.3 Å². The number of amides is 1. The number of imidazole rings is 1. The average Bonchev–Trinajstić information content (AvgIpc) is 3.30. The van der Waals surface area contributed by atoms with Gasteiger partial charge in [0.2, 0.25) is 5.91 Å². The van der Waals surface area contributed by atoms with Crippen molar-refractivity contribution in [3.63, 3.8) is 0 Å². The fraction of sp³-hybridized carbons (Fsp3) is 0.565. The number of sulfonamides is 1. The van der Waals surface area contributed by atoms with E-state index < -0.39 is 10.0 Å². The minimum atomic E-state index is -3.87. The van der Waals surface area contributed by atoms with E-state index in [0.717, 1.165) is 37.9 Å². The Balaban J connectivity index is 1.61. The molecule has 0 saturated carbocycles. The van der Waals surface area contributed by atoms with Gasteiger partial charge in [0.25, 0.3) is 10.0 Å². The van der Waals surface area contributed by atoms with Gasteiger partial charge in [-0.2, -0.15) is 4.31 Å². The van der Waals surface area contributed by atoms with Crippen LogP contribution in [-0.4, -0.2) is 65.8 Å². The van der Waals surface area contributed by atoms with Crippen LogP contribution in [0.3, 0.4) is 0 Å². The summed E-state index contributed by atoms with van der Waals surface area (Å²) in [6.45, 7) is 3.00. The standard InChI is InChI=1S/C23H32N4O4S/c1-2-21-24-16-22(25-21)32(29,30)26-12-6-14-31-20-9-5-7-18(15-20)10-11-19-8-3-4-13-27(19)23(28)17-26/h5,7,9,15-16,19H,2-4,6,8,10-14,17H2,1H3,(H,24,25). The van der Waals surface area contributed by atoms with Gasteiger partial charge in [-0.1, -0.05) is 19.1 Å². The summed E-state index contributed by atoms with van der Waals surface area (Å²) >= 11 is 0. The molecule has 1 saturated heterocycles. The number of aromatic amines is 1. The number of piperidine rings is 1. The number of benzene rings is 1. The maximum Gasteiger partial charge on any atom is 0.260 e. The molecule has 2 aliphatic heterocycles. The molecule has 4 rings (SSSR count). The number of carbonyl (C=O) groups excluding carboxylic acids is 1. The number of carbonyl (C=O) groups is 1. The van der Waals surface area contributed by atoms with Gasteiger partial charge in [-0.05, 0) is 56.2 Å². The summed E-state index contributed by atoms with van der Waals surface area (Å²) in [5.41, 5.74) is 1.20. The zero-order valence-electron chi connectivity index (χ0n) is 18.6. The molecule has 0 spiro atoms. The van der Waals surface area contributed by atoms with Crippen LogP contribution in [0.25, 0.3) is 0 Å². The molecule has 174 valence electrons. The smallest absolute Gasteiger partial charge is 0.260 e. The molecule has 2 aromatic rings. The van der Waals surface area contributed by atoms with Crippen molar-refractivity contribution in [3.05, 3.63) is 41.9 Å². The molecule has 1 unspecified atom stereocenters. The molecule has 2 bridgehead atoms. The van der Waals surface area contributed by atoms with E-state index in [4.69, 9.17) is 4.74 Å². The van der Waals surface area contributed by atoms with Gasteiger partial charge in [-0.25, -0.2) is 13.4 Å². The predicted octanol–water partition coefficient (Wildman–Crippen LogP) is 2.76. The lowest BCUT2D eigenvalue weighted by Crippen LogP contribution is -2.49. The molecule has 1 fully saturated rings. The second-order valence-corrected chi connectivity index (χ2v) is 10.4. The van der Waals surface area contributed by atoms with Crippen LogP contribution in [0.2, 0.25) is 0 Å². The van der Waals surface area contributed by atoms with Gasteiger partial charge in [0.15, 0.2) is 5.03 Å². The minimum Gasteiger partial charge on any atom is -0.494 e. The van der Waals surface area contributed by atoms with Crippen LogP contribution in [0.15, 0.2) is 35.5 Å². The predicted molar refractivity (Wildman–Crippen MR) is 121 cm³/mol. The van der Waals surface area contributed by atoms with E-state index >= 15 is 0 Å². The summed E-state index contributed by atoms with van der Waals surface area (Å²) in [6, 6.07) is 8.19. The fourth-order valence-corrected chi connectivity index (χ4v) is 5.86. The zero-order valence-corrected chi connectivity index (χ0v) is 19.4. The summed E-state index contributed by atoms with van der Waals surface area (Å²) in [4.78, 5) is 22.2. The lowest BCUT2D eigenvalue weighted by atomic mass is 9.95. The molecular weight excluding hydrogens is 428 g/mol. The quantitative estimate of drug-likeness (QED) is 0.760. The minimum absolute atomic E-state index is 0.0343. The maximum atomic E-state index is 13.3. The Morgan fingerprint density at radius 2 is 2.06 bits per heavy atom. The van der Waals surface area contributed by atoms with Crippen molar-refractivity contribution in [1.29, 1.82) is 0 Å². The number of hydrogen-bond donors (Lipinski definition) is 1. The van der Waals surface area contributed by atoms with Crippen molar-refractivity contribution in [2.24, 2.45) is 0 Å². The zero-order chi connectivity index (χ0) is 22.6. The molecule has 0 radical (unpaired) electrons. The van der Waals surface area contributed by atoms with Crippen molar-refractivity contribution < 1.29 is 17.9 Å². The number of fused-ring (bicyclic) bond motifs is 3. The first-order chi connectivity index (χ1) is 15.5. The van der Waals surface area contributed by atoms with E-state index in [9.17, 15) is 13.2 Å². The highest BCUT2D eigenvalue weighted by Crippen LogP contribution is 2.24. The van der Waals surface area contributed by atoms with Crippen molar-refractivity contribution in [2.75, 3.05) is 26.2 Å². The molecule has 1 atom stereocenters. The van der Waals surface area contributed by atoms with Crippen LogP contribution in [-0.2, 0) is 27.7 Å². The second kappa shape index (κ2) is 10.0. The molecule has 3 heterocycles. The Labute approximate surface area is 190 Å². The van der Waals surface area contributed by atoms with E-state index in [2.05, 4.69) is 16.0 Å². The topological polar surface area (TPSA) is 95.6 Å². The molecule has 1 aromatic carbocycles. The lowest BCUT2D eigenvalue weighted by Gasteiger charge is -2.37. The van der Waals surface area contributed by atoms with E-state index in [1.54, 1.807) is 0 Å². The Kier molecular flexibility index (Phi) is 7.15. The lowest BCUT2D eigenvalue weighted by molar-refractivity contribution is -0.135. The highest BCUT2D eigenvalue weighted by molar-refractivity contribution is 7.89. The Hall–Kier alpha value is -2.39. The van der Waals surface area contributed by atoms with Crippen molar-refractivity contribution in [2.45, 2.75) is 62.9 Å². The van der Waals surface area contributed by atoms with Crippen molar-refractivity contribution in [1.82, 2.24) is 19.2 Å². The van der Waals surface area contributed by atoms with E-state index in [1.165, 1.54) is 16.1 Å². The van der Waals surface area contributed by atoms with Crippen LogP contribution in [0.4, 0.5) is 0 Å². The largest absolute Gasteiger partial charge is 0.494 e. The third-order valence-corrected chi connectivity index (χ3v) is 8.06. The third kappa shape index (κ3) is 5.15. The van der Waals surface area contributed by atoms with Gasteiger partial charge in [0.1, 0.15) is 11.6 Å². The first kappa shape index (κ1) is 22.8. The third-order valence-electron chi connectivity index (χ3n) is 6.30. The van der Waals surface area contributed by atoms with Crippen molar-refractivity contribution in [3.8, 4) is 5.75 Å². The molecule has 1 amide bonds. The highest BCUT2D eigenvalue weighted by atomic mass is 32.2. The van der Waals surface area contributed by atoms with Gasteiger partial charge in [0, 0.05) is 25.6 Å². The SMILES string of the molecule is CCc1ncc(S(=O)(=O)N2CCCOc3cccc(c3)CCC3CCCCN3C(=O)C2)[nH]1. The Morgan fingerprint density at radius 3 is 2.88 bits per heavy atom. The molecule has 2 aliphatic rings. The first-order valence-corrected chi connectivity index (χ1v) is 13.0. The Bertz CT molecular complexity index is 1040. The molecule has 1 N–H and O–H groups in total.